The molecule has 0 heterocycles. The highest BCUT2D eigenvalue weighted by atomic mass is 16.6. The Kier molecular flexibility index (Phi) is 5.89. The summed E-state index contributed by atoms with van der Waals surface area (Å²) in [6.07, 6.45) is 0. The van der Waals surface area contributed by atoms with E-state index < -0.39 is 12.1 Å². The lowest BCUT2D eigenvalue weighted by molar-refractivity contribution is -0.521. The molecule has 2 aromatic rings. The molecular formula is C18H20N2O4. The van der Waals surface area contributed by atoms with Gasteiger partial charge in [0.05, 0.1) is 12.2 Å². The summed E-state index contributed by atoms with van der Waals surface area (Å²) >= 11 is 0. The van der Waals surface area contributed by atoms with Gasteiger partial charge in [-0.1, -0.05) is 30.3 Å². The van der Waals surface area contributed by atoms with Crippen LogP contribution in [0.2, 0.25) is 0 Å². The zero-order valence-electron chi connectivity index (χ0n) is 13.6. The average molecular weight is 328 g/mol. The second kappa shape index (κ2) is 8.10. The second-order valence-electron chi connectivity index (χ2n) is 5.36. The highest BCUT2D eigenvalue weighted by Crippen LogP contribution is 2.24. The summed E-state index contributed by atoms with van der Waals surface area (Å²) in [6, 6.07) is 14.7. The van der Waals surface area contributed by atoms with Crippen LogP contribution in [0.25, 0.3) is 0 Å². The Labute approximate surface area is 140 Å². The third-order valence-corrected chi connectivity index (χ3v) is 3.69. The number of rotatable bonds is 7. The van der Waals surface area contributed by atoms with Crippen LogP contribution in [0.5, 0.6) is 0 Å². The van der Waals surface area contributed by atoms with Gasteiger partial charge in [0.15, 0.2) is 0 Å². The Morgan fingerprint density at radius 2 is 1.79 bits per heavy atom. The predicted octanol–water partition coefficient (Wildman–Crippen LogP) is 3.68. The zero-order chi connectivity index (χ0) is 17.5. The first kappa shape index (κ1) is 17.5. The Balaban J connectivity index is 2.20. The topological polar surface area (TPSA) is 81.5 Å². The fourth-order valence-electron chi connectivity index (χ4n) is 2.36. The number of carbonyl (C=O) groups excluding carboxylic acids is 1. The first-order valence-electron chi connectivity index (χ1n) is 7.75. The van der Waals surface area contributed by atoms with Crippen LogP contribution in [-0.2, 0) is 4.74 Å². The third kappa shape index (κ3) is 4.32. The Hall–Kier alpha value is -2.89. The number of hydrogen-bond acceptors (Lipinski definition) is 5. The van der Waals surface area contributed by atoms with Gasteiger partial charge in [0.2, 0.25) is 6.04 Å². The van der Waals surface area contributed by atoms with Gasteiger partial charge in [0.1, 0.15) is 6.04 Å². The van der Waals surface area contributed by atoms with Gasteiger partial charge in [0, 0.05) is 17.5 Å². The van der Waals surface area contributed by atoms with Crippen LogP contribution in [0.4, 0.5) is 5.69 Å². The third-order valence-electron chi connectivity index (χ3n) is 3.69. The molecule has 24 heavy (non-hydrogen) atoms. The molecule has 0 radical (unpaired) electrons. The number of hydrogen-bond donors (Lipinski definition) is 1. The van der Waals surface area contributed by atoms with Crippen LogP contribution >= 0.6 is 0 Å². The van der Waals surface area contributed by atoms with E-state index in [1.807, 2.05) is 30.3 Å². The van der Waals surface area contributed by atoms with Crippen LogP contribution in [0, 0.1) is 10.1 Å². The quantitative estimate of drug-likeness (QED) is 0.476. The lowest BCUT2D eigenvalue weighted by Crippen LogP contribution is -2.29. The summed E-state index contributed by atoms with van der Waals surface area (Å²) in [4.78, 5) is 22.6. The van der Waals surface area contributed by atoms with Crippen molar-refractivity contribution in [1.82, 2.24) is 0 Å². The van der Waals surface area contributed by atoms with Crippen molar-refractivity contribution < 1.29 is 14.5 Å². The molecule has 0 aromatic heterocycles. The van der Waals surface area contributed by atoms with Gasteiger partial charge in [-0.25, -0.2) is 4.79 Å². The minimum atomic E-state index is -0.808. The molecule has 0 aliphatic heterocycles. The Morgan fingerprint density at radius 3 is 2.33 bits per heavy atom. The second-order valence-corrected chi connectivity index (χ2v) is 5.36. The van der Waals surface area contributed by atoms with Crippen LogP contribution < -0.4 is 5.32 Å². The van der Waals surface area contributed by atoms with Crippen LogP contribution in [0.15, 0.2) is 54.6 Å². The van der Waals surface area contributed by atoms with Gasteiger partial charge in [-0.3, -0.25) is 10.1 Å². The van der Waals surface area contributed by atoms with Crippen molar-refractivity contribution in [2.75, 3.05) is 11.9 Å². The van der Waals surface area contributed by atoms with Gasteiger partial charge < -0.3 is 10.1 Å². The van der Waals surface area contributed by atoms with E-state index in [2.05, 4.69) is 5.32 Å². The van der Waals surface area contributed by atoms with Crippen molar-refractivity contribution >= 4 is 11.7 Å². The highest BCUT2D eigenvalue weighted by molar-refractivity contribution is 5.89. The number of nitro groups is 1. The molecule has 0 aliphatic carbocycles. The van der Waals surface area contributed by atoms with E-state index in [9.17, 15) is 14.9 Å². The maximum absolute atomic E-state index is 11.7. The normalized spacial score (nSPS) is 12.9. The Morgan fingerprint density at radius 1 is 1.17 bits per heavy atom. The molecule has 0 spiro atoms. The van der Waals surface area contributed by atoms with E-state index in [-0.39, 0.29) is 10.9 Å². The van der Waals surface area contributed by atoms with Gasteiger partial charge in [-0.15, -0.1) is 0 Å². The summed E-state index contributed by atoms with van der Waals surface area (Å²) < 4.78 is 4.94. The molecular weight excluding hydrogens is 308 g/mol. The molecule has 0 aliphatic rings. The number of carbonyl (C=O) groups is 1. The van der Waals surface area contributed by atoms with Gasteiger partial charge in [-0.2, -0.15) is 0 Å². The maximum atomic E-state index is 11.7. The molecule has 126 valence electrons. The molecule has 6 nitrogen and oxygen atoms in total. The highest BCUT2D eigenvalue weighted by Gasteiger charge is 2.28. The molecule has 0 fully saturated rings. The smallest absolute Gasteiger partial charge is 0.338 e. The number of benzene rings is 2. The van der Waals surface area contributed by atoms with E-state index in [0.717, 1.165) is 5.56 Å². The summed E-state index contributed by atoms with van der Waals surface area (Å²) in [7, 11) is 0. The average Bonchev–Trinajstić information content (AvgIpc) is 2.60. The lowest BCUT2D eigenvalue weighted by Gasteiger charge is -2.21. The van der Waals surface area contributed by atoms with E-state index in [1.54, 1.807) is 38.1 Å². The fourth-order valence-corrected chi connectivity index (χ4v) is 2.36. The van der Waals surface area contributed by atoms with E-state index in [4.69, 9.17) is 4.74 Å². The summed E-state index contributed by atoms with van der Waals surface area (Å²) in [5.74, 6) is -0.387. The molecule has 2 atom stereocenters. The lowest BCUT2D eigenvalue weighted by atomic mass is 10.0. The maximum Gasteiger partial charge on any atom is 0.338 e. The molecule has 0 unspecified atom stereocenters. The summed E-state index contributed by atoms with van der Waals surface area (Å²) in [6.45, 7) is 3.63. The van der Waals surface area contributed by atoms with Gasteiger partial charge in [0.25, 0.3) is 0 Å². The SMILES string of the molecule is CCOC(=O)c1ccc(N[C@H](c2ccccc2)[C@@H](C)[N+](=O)[O-])cc1. The van der Waals surface area contributed by atoms with Gasteiger partial charge >= 0.3 is 5.97 Å². The van der Waals surface area contributed by atoms with Crippen LogP contribution in [0.3, 0.4) is 0 Å². The van der Waals surface area contributed by atoms with Crippen molar-refractivity contribution in [3.05, 3.63) is 75.8 Å². The van der Waals surface area contributed by atoms with E-state index in [0.29, 0.717) is 17.9 Å². The first-order chi connectivity index (χ1) is 11.5. The van der Waals surface area contributed by atoms with Crippen molar-refractivity contribution in [3.63, 3.8) is 0 Å². The molecule has 1 N–H and O–H groups in total. The molecule has 0 saturated carbocycles. The predicted molar refractivity (Wildman–Crippen MR) is 91.7 cm³/mol. The van der Waals surface area contributed by atoms with Crippen molar-refractivity contribution in [1.29, 1.82) is 0 Å². The molecule has 0 amide bonds. The minimum Gasteiger partial charge on any atom is -0.462 e. The van der Waals surface area contributed by atoms with E-state index >= 15 is 0 Å². The first-order valence-corrected chi connectivity index (χ1v) is 7.75. The molecule has 6 heteroatoms. The molecule has 2 aromatic carbocycles. The monoisotopic (exact) mass is 328 g/mol. The number of nitrogens with zero attached hydrogens (tertiary/aromatic N) is 1. The fraction of sp³-hybridized carbons (Fsp3) is 0.278. The summed E-state index contributed by atoms with van der Waals surface area (Å²) in [5.41, 5.74) is 1.97. The van der Waals surface area contributed by atoms with E-state index in [1.165, 1.54) is 0 Å². The molecule has 2 rings (SSSR count). The minimum absolute atomic E-state index is 0.308. The standard InChI is InChI=1S/C18H20N2O4/c1-3-24-18(21)15-9-11-16(12-10-15)19-17(13(2)20(22)23)14-7-5-4-6-8-14/h4-13,17,19H,3H2,1-2H3/t13-,17+/m1/s1. The molecule has 0 bridgehead atoms. The number of nitrogens with one attached hydrogen (secondary N) is 1. The number of ether oxygens (including phenoxy) is 1. The van der Waals surface area contributed by atoms with Crippen molar-refractivity contribution in [2.45, 2.75) is 25.9 Å². The zero-order valence-corrected chi connectivity index (χ0v) is 13.6. The number of anilines is 1. The largest absolute Gasteiger partial charge is 0.462 e. The van der Waals surface area contributed by atoms with Gasteiger partial charge in [-0.05, 0) is 36.8 Å². The molecule has 0 saturated heterocycles. The number of esters is 1. The van der Waals surface area contributed by atoms with Crippen molar-refractivity contribution in [2.24, 2.45) is 0 Å². The van der Waals surface area contributed by atoms with Crippen LogP contribution in [-0.4, -0.2) is 23.5 Å². The Bertz CT molecular complexity index is 686. The van der Waals surface area contributed by atoms with Crippen LogP contribution in [0.1, 0.15) is 35.8 Å². The van der Waals surface area contributed by atoms with Crippen molar-refractivity contribution in [3.8, 4) is 0 Å². The summed E-state index contributed by atoms with van der Waals surface area (Å²) in [5, 5.41) is 14.4.